The second-order valence-electron chi connectivity index (χ2n) is 4.02. The zero-order valence-corrected chi connectivity index (χ0v) is 9.79. The fourth-order valence-corrected chi connectivity index (χ4v) is 1.28. The smallest absolute Gasteiger partial charge is 0.461 e. The minimum absolute atomic E-state index is 0.374. The molecule has 19 heavy (non-hydrogen) atoms. The molecule has 0 saturated heterocycles. The molecule has 106 valence electrons. The van der Waals surface area contributed by atoms with E-state index in [4.69, 9.17) is 5.11 Å². The molecule has 0 unspecified atom stereocenters. The first-order valence-corrected chi connectivity index (χ1v) is 5.03. The molecule has 0 fully saturated rings. The molecule has 4 nitrogen and oxygen atoms in total. The second-order valence-corrected chi connectivity index (χ2v) is 4.02. The lowest BCUT2D eigenvalue weighted by molar-refractivity contribution is -0.292. The summed E-state index contributed by atoms with van der Waals surface area (Å²) in [5.41, 5.74) is -0.877. The number of alkyl halides is 5. The maximum absolute atomic E-state index is 13.0. The van der Waals surface area contributed by atoms with Gasteiger partial charge in [-0.3, -0.25) is 0 Å². The summed E-state index contributed by atoms with van der Waals surface area (Å²) in [5.74, 6) is -9.12. The Balaban J connectivity index is 3.42. The molecule has 0 spiro atoms. The van der Waals surface area contributed by atoms with Gasteiger partial charge in [0.2, 0.25) is 5.82 Å². The van der Waals surface area contributed by atoms with Crippen molar-refractivity contribution in [2.45, 2.75) is 31.9 Å². The van der Waals surface area contributed by atoms with E-state index in [0.717, 1.165) is 0 Å². The molecule has 0 aliphatic heterocycles. The van der Waals surface area contributed by atoms with Gasteiger partial charge in [0.15, 0.2) is 0 Å². The normalized spacial score (nSPS) is 12.8. The van der Waals surface area contributed by atoms with Gasteiger partial charge in [0, 0.05) is 6.20 Å². The molecule has 1 heterocycles. The topological polar surface area (TPSA) is 63.1 Å². The van der Waals surface area contributed by atoms with Crippen molar-refractivity contribution in [3.8, 4) is 0 Å². The van der Waals surface area contributed by atoms with E-state index in [9.17, 15) is 26.7 Å². The third-order valence-electron chi connectivity index (χ3n) is 2.23. The Morgan fingerprint density at radius 2 is 1.79 bits per heavy atom. The van der Waals surface area contributed by atoms with E-state index in [0.29, 0.717) is 6.20 Å². The predicted octanol–water partition coefficient (Wildman–Crippen LogP) is 2.95. The number of carboxylic acids is 1. The number of hydrogen-bond acceptors (Lipinski definition) is 3. The van der Waals surface area contributed by atoms with Gasteiger partial charge in [-0.2, -0.15) is 22.0 Å². The second kappa shape index (κ2) is 4.71. The Labute approximate surface area is 104 Å². The summed E-state index contributed by atoms with van der Waals surface area (Å²) in [4.78, 5) is 16.7. The highest BCUT2D eigenvalue weighted by Crippen LogP contribution is 2.42. The van der Waals surface area contributed by atoms with Gasteiger partial charge in [0.05, 0.1) is 11.3 Å². The summed E-state index contributed by atoms with van der Waals surface area (Å²) in [6.45, 7) is 2.84. The fourth-order valence-electron chi connectivity index (χ4n) is 1.28. The maximum Gasteiger partial charge on any atom is 0.461 e. The van der Waals surface area contributed by atoms with Crippen molar-refractivity contribution < 1.29 is 31.9 Å². The van der Waals surface area contributed by atoms with Crippen molar-refractivity contribution in [2.75, 3.05) is 0 Å². The van der Waals surface area contributed by atoms with Crippen molar-refractivity contribution in [3.63, 3.8) is 0 Å². The van der Waals surface area contributed by atoms with Crippen LogP contribution in [0.1, 0.15) is 41.6 Å². The Morgan fingerprint density at radius 1 is 1.26 bits per heavy atom. The first-order valence-electron chi connectivity index (χ1n) is 5.03. The maximum atomic E-state index is 13.0. The zero-order chi connectivity index (χ0) is 15.0. The van der Waals surface area contributed by atoms with E-state index < -0.39 is 35.4 Å². The lowest BCUT2D eigenvalue weighted by atomic mass is 10.0. The highest BCUT2D eigenvalue weighted by Gasteiger charge is 2.61. The lowest BCUT2D eigenvalue weighted by Crippen LogP contribution is -2.36. The quantitative estimate of drug-likeness (QED) is 0.867. The minimum atomic E-state index is -5.84. The average molecular weight is 284 g/mol. The summed E-state index contributed by atoms with van der Waals surface area (Å²) >= 11 is 0. The molecule has 1 N–H and O–H groups in total. The molecule has 0 saturated carbocycles. The number of rotatable bonds is 3. The summed E-state index contributed by atoms with van der Waals surface area (Å²) in [7, 11) is 0. The number of nitrogens with zero attached hydrogens (tertiary/aromatic N) is 2. The first kappa shape index (κ1) is 15.3. The number of carbonyl (C=O) groups is 1. The van der Waals surface area contributed by atoms with E-state index in [1.54, 1.807) is 0 Å². The highest BCUT2D eigenvalue weighted by atomic mass is 19.4. The largest absolute Gasteiger partial charge is 0.478 e. The summed E-state index contributed by atoms with van der Waals surface area (Å²) in [5, 5.41) is 8.78. The average Bonchev–Trinajstić information content (AvgIpc) is 2.26. The molecule has 0 aromatic carbocycles. The van der Waals surface area contributed by atoms with Crippen LogP contribution in [-0.2, 0) is 5.92 Å². The highest BCUT2D eigenvalue weighted by molar-refractivity contribution is 5.88. The third-order valence-corrected chi connectivity index (χ3v) is 2.23. The van der Waals surface area contributed by atoms with Crippen LogP contribution in [0, 0.1) is 0 Å². The fraction of sp³-hybridized carbons (Fsp3) is 0.500. The Kier molecular flexibility index (Phi) is 3.78. The molecule has 0 amide bonds. The Bertz CT molecular complexity index is 499. The van der Waals surface area contributed by atoms with Crippen LogP contribution in [0.25, 0.3) is 0 Å². The van der Waals surface area contributed by atoms with Crippen molar-refractivity contribution in [1.82, 2.24) is 9.97 Å². The predicted molar refractivity (Wildman–Crippen MR) is 53.0 cm³/mol. The van der Waals surface area contributed by atoms with E-state index in [-0.39, 0.29) is 5.69 Å². The van der Waals surface area contributed by atoms with E-state index >= 15 is 0 Å². The third kappa shape index (κ3) is 2.79. The molecule has 0 bridgehead atoms. The molecule has 1 rings (SSSR count). The van der Waals surface area contributed by atoms with Crippen molar-refractivity contribution in [2.24, 2.45) is 0 Å². The minimum Gasteiger partial charge on any atom is -0.478 e. The van der Waals surface area contributed by atoms with Crippen molar-refractivity contribution >= 4 is 5.97 Å². The van der Waals surface area contributed by atoms with Crippen LogP contribution in [0.3, 0.4) is 0 Å². The van der Waals surface area contributed by atoms with Gasteiger partial charge >= 0.3 is 18.1 Å². The van der Waals surface area contributed by atoms with Crippen LogP contribution in [0.15, 0.2) is 6.20 Å². The summed E-state index contributed by atoms with van der Waals surface area (Å²) in [6, 6.07) is 0. The Hall–Kier alpha value is -1.80. The number of halogens is 5. The van der Waals surface area contributed by atoms with Gasteiger partial charge in [0.1, 0.15) is 0 Å². The molecule has 9 heteroatoms. The molecule has 0 aliphatic carbocycles. The number of carboxylic acid groups (broad SMARTS) is 1. The van der Waals surface area contributed by atoms with Crippen LogP contribution >= 0.6 is 0 Å². The van der Waals surface area contributed by atoms with Crippen LogP contribution in [0.5, 0.6) is 0 Å². The lowest BCUT2D eigenvalue weighted by Gasteiger charge is -2.19. The van der Waals surface area contributed by atoms with Crippen molar-refractivity contribution in [3.05, 3.63) is 23.3 Å². The van der Waals surface area contributed by atoms with E-state index in [1.165, 1.54) is 13.8 Å². The standard InChI is InChI=1S/C10H9F5N2O2/c1-4(2)6-5(7(18)19)3-16-8(17-6)9(11,12)10(13,14)15/h3-4H,1-2H3,(H,18,19). The van der Waals surface area contributed by atoms with E-state index in [1.807, 2.05) is 0 Å². The first-order chi connectivity index (χ1) is 8.48. The number of aromatic nitrogens is 2. The van der Waals surface area contributed by atoms with Gasteiger partial charge in [-0.15, -0.1) is 0 Å². The monoisotopic (exact) mass is 284 g/mol. The number of hydrogen-bond donors (Lipinski definition) is 1. The molecular weight excluding hydrogens is 275 g/mol. The zero-order valence-electron chi connectivity index (χ0n) is 9.79. The summed E-state index contributed by atoms with van der Waals surface area (Å²) in [6.07, 6.45) is -5.38. The Morgan fingerprint density at radius 3 is 2.16 bits per heavy atom. The molecule has 0 atom stereocenters. The SMILES string of the molecule is CC(C)c1nc(C(F)(F)C(F)(F)F)ncc1C(=O)O. The van der Waals surface area contributed by atoms with E-state index in [2.05, 4.69) is 9.97 Å². The van der Waals surface area contributed by atoms with Crippen LogP contribution in [0.4, 0.5) is 22.0 Å². The van der Waals surface area contributed by atoms with Gasteiger partial charge in [-0.05, 0) is 5.92 Å². The van der Waals surface area contributed by atoms with Crippen LogP contribution in [0.2, 0.25) is 0 Å². The van der Waals surface area contributed by atoms with Crippen LogP contribution in [-0.4, -0.2) is 27.2 Å². The number of aromatic carboxylic acids is 1. The van der Waals surface area contributed by atoms with Gasteiger partial charge in [-0.25, -0.2) is 14.8 Å². The van der Waals surface area contributed by atoms with Gasteiger partial charge < -0.3 is 5.11 Å². The molecule has 1 aromatic rings. The molecular formula is C10H9F5N2O2. The van der Waals surface area contributed by atoms with Gasteiger partial charge in [0.25, 0.3) is 0 Å². The molecule has 1 aromatic heterocycles. The van der Waals surface area contributed by atoms with Gasteiger partial charge in [-0.1, -0.05) is 13.8 Å². The summed E-state index contributed by atoms with van der Waals surface area (Å²) < 4.78 is 62.6. The molecule has 0 aliphatic rings. The van der Waals surface area contributed by atoms with Crippen LogP contribution < -0.4 is 0 Å². The molecule has 0 radical (unpaired) electrons. The van der Waals surface area contributed by atoms with Crippen molar-refractivity contribution in [1.29, 1.82) is 0 Å².